The number of benzene rings is 1. The Bertz CT molecular complexity index is 1040. The van der Waals surface area contributed by atoms with E-state index in [9.17, 15) is 24.0 Å². The standard InChI is InChI=1S/C24H29N3O7/c1-24(2,3)34-23(32)13-11-14(12-13)33-10-9-25-16-6-4-5-15-19(16)22(31)27(21(15)30)17-7-8-18(28)26-20(17)29/h4-6,13-14,17,25H,7-12H2,1-3H3,(H,26,28,29). The first-order valence-electron chi connectivity index (χ1n) is 11.5. The molecule has 2 fully saturated rings. The number of nitrogens with one attached hydrogen (secondary N) is 2. The molecule has 1 aliphatic carbocycles. The summed E-state index contributed by atoms with van der Waals surface area (Å²) < 4.78 is 11.2. The number of amides is 4. The summed E-state index contributed by atoms with van der Waals surface area (Å²) in [4.78, 5) is 62.6. The number of hydrogen-bond acceptors (Lipinski definition) is 8. The van der Waals surface area contributed by atoms with Gasteiger partial charge in [-0.1, -0.05) is 6.07 Å². The van der Waals surface area contributed by atoms with Gasteiger partial charge >= 0.3 is 5.97 Å². The summed E-state index contributed by atoms with van der Waals surface area (Å²) in [6.45, 7) is 6.27. The maximum atomic E-state index is 13.1. The van der Waals surface area contributed by atoms with Crippen LogP contribution in [-0.2, 0) is 23.9 Å². The summed E-state index contributed by atoms with van der Waals surface area (Å²) in [6.07, 6.45) is 1.39. The summed E-state index contributed by atoms with van der Waals surface area (Å²) in [5.41, 5.74) is 0.412. The van der Waals surface area contributed by atoms with Gasteiger partial charge in [-0.15, -0.1) is 0 Å². The molecule has 3 aliphatic rings. The molecular weight excluding hydrogens is 442 g/mol. The molecule has 1 saturated heterocycles. The van der Waals surface area contributed by atoms with Crippen LogP contribution < -0.4 is 10.6 Å². The number of hydrogen-bond donors (Lipinski definition) is 2. The van der Waals surface area contributed by atoms with Gasteiger partial charge in [-0.3, -0.25) is 34.2 Å². The van der Waals surface area contributed by atoms with E-state index in [0.717, 1.165) is 4.90 Å². The molecule has 34 heavy (non-hydrogen) atoms. The van der Waals surface area contributed by atoms with Crippen molar-refractivity contribution in [3.05, 3.63) is 29.3 Å². The minimum Gasteiger partial charge on any atom is -0.460 e. The van der Waals surface area contributed by atoms with Crippen LogP contribution in [0.1, 0.15) is 67.2 Å². The van der Waals surface area contributed by atoms with Crippen LogP contribution in [0.25, 0.3) is 0 Å². The Morgan fingerprint density at radius 2 is 1.88 bits per heavy atom. The molecule has 1 aromatic carbocycles. The highest BCUT2D eigenvalue weighted by Crippen LogP contribution is 2.33. The Hall–Kier alpha value is -3.27. The van der Waals surface area contributed by atoms with Gasteiger partial charge in [0.2, 0.25) is 11.8 Å². The highest BCUT2D eigenvalue weighted by Gasteiger charge is 2.45. The van der Waals surface area contributed by atoms with E-state index in [1.807, 2.05) is 20.8 Å². The number of piperidine rings is 1. The van der Waals surface area contributed by atoms with E-state index in [1.54, 1.807) is 18.2 Å². The number of anilines is 1. The van der Waals surface area contributed by atoms with Gasteiger partial charge in [0, 0.05) is 18.7 Å². The number of rotatable bonds is 7. The largest absolute Gasteiger partial charge is 0.460 e. The van der Waals surface area contributed by atoms with Gasteiger partial charge in [-0.25, -0.2) is 0 Å². The first-order valence-corrected chi connectivity index (χ1v) is 11.5. The zero-order chi connectivity index (χ0) is 24.6. The third kappa shape index (κ3) is 4.82. The van der Waals surface area contributed by atoms with Crippen LogP contribution in [0, 0.1) is 5.92 Å². The van der Waals surface area contributed by atoms with E-state index in [1.165, 1.54) is 0 Å². The van der Waals surface area contributed by atoms with E-state index in [2.05, 4.69) is 10.6 Å². The predicted molar refractivity (Wildman–Crippen MR) is 120 cm³/mol. The Morgan fingerprint density at radius 3 is 2.56 bits per heavy atom. The van der Waals surface area contributed by atoms with Crippen molar-refractivity contribution < 1.29 is 33.4 Å². The number of imide groups is 2. The van der Waals surface area contributed by atoms with Crippen molar-refractivity contribution in [1.29, 1.82) is 0 Å². The lowest BCUT2D eigenvalue weighted by Gasteiger charge is -2.35. The summed E-state index contributed by atoms with van der Waals surface area (Å²) in [5, 5.41) is 5.32. The van der Waals surface area contributed by atoms with Gasteiger partial charge in [0.1, 0.15) is 11.6 Å². The average molecular weight is 472 g/mol. The molecule has 2 aliphatic heterocycles. The lowest BCUT2D eigenvalue weighted by molar-refractivity contribution is -0.169. The molecule has 182 valence electrons. The van der Waals surface area contributed by atoms with E-state index < -0.39 is 35.3 Å². The van der Waals surface area contributed by atoms with Crippen LogP contribution >= 0.6 is 0 Å². The van der Waals surface area contributed by atoms with Crippen molar-refractivity contribution in [2.75, 3.05) is 18.5 Å². The third-order valence-corrected chi connectivity index (χ3v) is 6.07. The van der Waals surface area contributed by atoms with Crippen LogP contribution in [0.4, 0.5) is 5.69 Å². The molecule has 1 aromatic rings. The molecular formula is C24H29N3O7. The summed E-state index contributed by atoms with van der Waals surface area (Å²) in [6, 6.07) is 3.91. The van der Waals surface area contributed by atoms with Crippen LogP contribution in [-0.4, -0.2) is 65.4 Å². The first-order chi connectivity index (χ1) is 16.0. The van der Waals surface area contributed by atoms with Gasteiger partial charge in [0.05, 0.1) is 29.8 Å². The van der Waals surface area contributed by atoms with Crippen LogP contribution in [0.3, 0.4) is 0 Å². The van der Waals surface area contributed by atoms with Crippen LogP contribution in [0.5, 0.6) is 0 Å². The normalized spacial score (nSPS) is 24.4. The van der Waals surface area contributed by atoms with Crippen molar-refractivity contribution >= 4 is 35.3 Å². The molecule has 10 heteroatoms. The van der Waals surface area contributed by atoms with Crippen molar-refractivity contribution in [2.45, 2.75) is 64.2 Å². The van der Waals surface area contributed by atoms with Gasteiger partial charge < -0.3 is 14.8 Å². The molecule has 2 heterocycles. The fourth-order valence-electron chi connectivity index (χ4n) is 4.35. The summed E-state index contributed by atoms with van der Waals surface area (Å²) in [7, 11) is 0. The van der Waals surface area contributed by atoms with E-state index in [-0.39, 0.29) is 42.0 Å². The van der Waals surface area contributed by atoms with E-state index >= 15 is 0 Å². The van der Waals surface area contributed by atoms with Crippen molar-refractivity contribution in [1.82, 2.24) is 10.2 Å². The number of ether oxygens (including phenoxy) is 2. The summed E-state index contributed by atoms with van der Waals surface area (Å²) >= 11 is 0. The Morgan fingerprint density at radius 1 is 1.15 bits per heavy atom. The molecule has 0 aromatic heterocycles. The van der Waals surface area contributed by atoms with Crippen LogP contribution in [0.2, 0.25) is 0 Å². The second-order valence-corrected chi connectivity index (χ2v) is 9.80. The molecule has 1 unspecified atom stereocenters. The molecule has 0 spiro atoms. The molecule has 0 radical (unpaired) electrons. The number of nitrogens with zero attached hydrogens (tertiary/aromatic N) is 1. The second kappa shape index (κ2) is 9.17. The highest BCUT2D eigenvalue weighted by molar-refractivity contribution is 6.25. The zero-order valence-corrected chi connectivity index (χ0v) is 19.5. The smallest absolute Gasteiger partial charge is 0.309 e. The molecule has 0 bridgehead atoms. The van der Waals surface area contributed by atoms with E-state index in [0.29, 0.717) is 31.7 Å². The third-order valence-electron chi connectivity index (χ3n) is 6.07. The van der Waals surface area contributed by atoms with E-state index in [4.69, 9.17) is 9.47 Å². The van der Waals surface area contributed by atoms with Crippen molar-refractivity contribution in [3.63, 3.8) is 0 Å². The maximum absolute atomic E-state index is 13.1. The lowest BCUT2D eigenvalue weighted by atomic mass is 9.82. The highest BCUT2D eigenvalue weighted by atomic mass is 16.6. The van der Waals surface area contributed by atoms with Gasteiger partial charge in [0.25, 0.3) is 11.8 Å². The monoisotopic (exact) mass is 471 g/mol. The SMILES string of the molecule is CC(C)(C)OC(=O)C1CC(OCCNc2cccc3c2C(=O)N(C2CCC(=O)NC2=O)C3=O)C1. The molecule has 10 nitrogen and oxygen atoms in total. The number of esters is 1. The fraction of sp³-hybridized carbons (Fsp3) is 0.542. The fourth-order valence-corrected chi connectivity index (χ4v) is 4.35. The Labute approximate surface area is 197 Å². The van der Waals surface area contributed by atoms with Crippen LogP contribution in [0.15, 0.2) is 18.2 Å². The molecule has 1 saturated carbocycles. The summed E-state index contributed by atoms with van der Waals surface area (Å²) in [5.74, 6) is -2.50. The van der Waals surface area contributed by atoms with Gasteiger partial charge in [-0.05, 0) is 52.2 Å². The molecule has 2 N–H and O–H groups in total. The Kier molecular flexibility index (Phi) is 6.44. The minimum atomic E-state index is -1.00. The average Bonchev–Trinajstić information content (AvgIpc) is 2.96. The topological polar surface area (TPSA) is 131 Å². The number of carbonyl (C=O) groups excluding carboxylic acids is 5. The maximum Gasteiger partial charge on any atom is 0.309 e. The molecule has 4 rings (SSSR count). The molecule has 4 amide bonds. The van der Waals surface area contributed by atoms with Gasteiger partial charge in [0.15, 0.2) is 0 Å². The second-order valence-electron chi connectivity index (χ2n) is 9.80. The van der Waals surface area contributed by atoms with Crippen molar-refractivity contribution in [2.24, 2.45) is 5.92 Å². The molecule has 1 atom stereocenters. The number of carbonyl (C=O) groups is 5. The first kappa shape index (κ1) is 23.9. The number of fused-ring (bicyclic) bond motifs is 1. The Balaban J connectivity index is 1.30. The van der Waals surface area contributed by atoms with Gasteiger partial charge in [-0.2, -0.15) is 0 Å². The zero-order valence-electron chi connectivity index (χ0n) is 19.5. The minimum absolute atomic E-state index is 0.0213. The van der Waals surface area contributed by atoms with Crippen molar-refractivity contribution in [3.8, 4) is 0 Å². The lowest BCUT2D eigenvalue weighted by Crippen LogP contribution is -2.54. The predicted octanol–water partition coefficient (Wildman–Crippen LogP) is 1.64. The quantitative estimate of drug-likeness (QED) is 0.349.